The van der Waals surface area contributed by atoms with E-state index in [0.717, 1.165) is 11.1 Å². The quantitative estimate of drug-likeness (QED) is 0.720. The van der Waals surface area contributed by atoms with Crippen molar-refractivity contribution in [3.63, 3.8) is 0 Å². The minimum absolute atomic E-state index is 0.173. The number of carbonyl (C=O) groups excluding carboxylic acids is 3. The minimum Gasteiger partial charge on any atom is -0.337 e. The summed E-state index contributed by atoms with van der Waals surface area (Å²) in [6.45, 7) is 8.22. The second kappa shape index (κ2) is 9.58. The first-order chi connectivity index (χ1) is 14.4. The molecule has 1 fully saturated rings. The van der Waals surface area contributed by atoms with Crippen LogP contribution in [0.25, 0.3) is 0 Å². The van der Waals surface area contributed by atoms with E-state index in [1.165, 1.54) is 17.8 Å². The Bertz CT molecular complexity index is 992. The monoisotopic (exact) mass is 424 g/mol. The Kier molecular flexibility index (Phi) is 6.89. The molecule has 0 saturated carbocycles. The van der Waals surface area contributed by atoms with E-state index in [4.69, 9.17) is 0 Å². The highest BCUT2D eigenvalue weighted by molar-refractivity contribution is 8.00. The Balaban J connectivity index is 1.70. The Labute approximate surface area is 179 Å². The summed E-state index contributed by atoms with van der Waals surface area (Å²) in [5, 5.41) is 5.29. The van der Waals surface area contributed by atoms with Crippen LogP contribution >= 0.6 is 11.8 Å². The lowest BCUT2D eigenvalue weighted by atomic mass is 10.1. The number of pyridine rings is 1. The molecule has 0 bridgehead atoms. The number of benzene rings is 1. The van der Waals surface area contributed by atoms with E-state index < -0.39 is 0 Å². The number of aryl methyl sites for hydroxylation is 2. The molecule has 2 N–H and O–H groups in total. The summed E-state index contributed by atoms with van der Waals surface area (Å²) in [4.78, 5) is 43.0. The van der Waals surface area contributed by atoms with Crippen LogP contribution in [-0.2, 0) is 9.59 Å². The van der Waals surface area contributed by atoms with Gasteiger partial charge in [-0.25, -0.2) is 4.98 Å². The lowest BCUT2D eigenvalue weighted by Gasteiger charge is -2.31. The molecule has 0 aliphatic carbocycles. The largest absolute Gasteiger partial charge is 0.337 e. The molecule has 2 heterocycles. The summed E-state index contributed by atoms with van der Waals surface area (Å²) in [6.07, 6.45) is 2.90. The number of nitrogens with zero attached hydrogens (tertiary/aromatic N) is 2. The minimum atomic E-state index is -0.379. The molecule has 0 radical (unpaired) electrons. The van der Waals surface area contributed by atoms with E-state index in [0.29, 0.717) is 35.9 Å². The average Bonchev–Trinajstić information content (AvgIpc) is 2.74. The molecule has 3 amide bonds. The number of anilines is 2. The molecule has 0 spiro atoms. The predicted octanol–water partition coefficient (Wildman–Crippen LogP) is 3.02. The third kappa shape index (κ3) is 5.27. The van der Waals surface area contributed by atoms with E-state index in [1.807, 2.05) is 19.9 Å². The van der Waals surface area contributed by atoms with Crippen molar-refractivity contribution in [1.82, 2.24) is 9.88 Å². The van der Waals surface area contributed by atoms with Crippen molar-refractivity contribution in [2.45, 2.75) is 19.1 Å². The van der Waals surface area contributed by atoms with Gasteiger partial charge in [0.25, 0.3) is 5.91 Å². The van der Waals surface area contributed by atoms with Crippen LogP contribution in [0.1, 0.15) is 21.5 Å². The zero-order chi connectivity index (χ0) is 21.7. The maximum Gasteiger partial charge on any atom is 0.256 e. The molecule has 1 aromatic carbocycles. The molecule has 1 unspecified atom stereocenters. The van der Waals surface area contributed by atoms with Crippen molar-refractivity contribution >= 4 is 41.0 Å². The third-order valence-electron chi connectivity index (χ3n) is 4.76. The lowest BCUT2D eigenvalue weighted by Crippen LogP contribution is -2.45. The Morgan fingerprint density at radius 2 is 2.00 bits per heavy atom. The molecule has 2 aromatic rings. The summed E-state index contributed by atoms with van der Waals surface area (Å²) >= 11 is 1.51. The maximum absolute atomic E-state index is 12.8. The van der Waals surface area contributed by atoms with Crippen LogP contribution in [0.15, 0.2) is 49.2 Å². The van der Waals surface area contributed by atoms with Crippen molar-refractivity contribution in [3.8, 4) is 0 Å². The van der Waals surface area contributed by atoms with Gasteiger partial charge in [-0.15, -0.1) is 11.8 Å². The van der Waals surface area contributed by atoms with Gasteiger partial charge in [0.1, 0.15) is 11.1 Å². The van der Waals surface area contributed by atoms with Crippen molar-refractivity contribution in [2.75, 3.05) is 29.5 Å². The number of nitrogens with one attached hydrogen (secondary N) is 2. The van der Waals surface area contributed by atoms with Gasteiger partial charge >= 0.3 is 0 Å². The van der Waals surface area contributed by atoms with Gasteiger partial charge in [-0.2, -0.15) is 0 Å². The summed E-state index contributed by atoms with van der Waals surface area (Å²) in [7, 11) is 0. The fourth-order valence-corrected chi connectivity index (χ4v) is 4.15. The highest BCUT2D eigenvalue weighted by atomic mass is 32.2. The fourth-order valence-electron chi connectivity index (χ4n) is 3.04. The fraction of sp³-hybridized carbons (Fsp3) is 0.273. The van der Waals surface area contributed by atoms with E-state index >= 15 is 0 Å². The van der Waals surface area contributed by atoms with E-state index in [9.17, 15) is 14.4 Å². The van der Waals surface area contributed by atoms with Crippen LogP contribution < -0.4 is 10.6 Å². The molecule has 1 aliphatic rings. The van der Waals surface area contributed by atoms with Crippen molar-refractivity contribution in [3.05, 3.63) is 65.9 Å². The highest BCUT2D eigenvalue weighted by Gasteiger charge is 2.28. The standard InChI is InChI=1S/C22H24N4O3S/c1-4-20(27)26-9-10-30-18(13-26)22(29)24-17-12-16(6-5-15(17)3)21(28)25-19-11-14(2)7-8-23-19/h4-8,11-12,18H,1,9-10,13H2,2-3H3,(H,24,29)(H,23,25,28). The second-order valence-electron chi connectivity index (χ2n) is 7.04. The summed E-state index contributed by atoms with van der Waals surface area (Å²) in [5.74, 6) is 0.480. The average molecular weight is 425 g/mol. The van der Waals surface area contributed by atoms with Gasteiger partial charge in [-0.05, 0) is 55.3 Å². The summed E-state index contributed by atoms with van der Waals surface area (Å²) < 4.78 is 0. The van der Waals surface area contributed by atoms with E-state index in [-0.39, 0.29) is 23.0 Å². The lowest BCUT2D eigenvalue weighted by molar-refractivity contribution is -0.126. The normalized spacial score (nSPS) is 15.9. The number of amides is 3. The smallest absolute Gasteiger partial charge is 0.256 e. The van der Waals surface area contributed by atoms with Crippen molar-refractivity contribution < 1.29 is 14.4 Å². The topological polar surface area (TPSA) is 91.4 Å². The molecule has 1 aliphatic heterocycles. The molecule has 3 rings (SSSR count). The zero-order valence-electron chi connectivity index (χ0n) is 17.0. The van der Waals surface area contributed by atoms with Gasteiger partial charge in [-0.1, -0.05) is 12.6 Å². The maximum atomic E-state index is 12.8. The van der Waals surface area contributed by atoms with Crippen LogP contribution in [0.5, 0.6) is 0 Å². The van der Waals surface area contributed by atoms with Crippen LogP contribution in [0, 0.1) is 13.8 Å². The summed E-state index contributed by atoms with van der Waals surface area (Å²) in [5.41, 5.74) is 2.82. The molecule has 1 atom stereocenters. The first-order valence-electron chi connectivity index (χ1n) is 9.56. The Morgan fingerprint density at radius 1 is 1.20 bits per heavy atom. The predicted molar refractivity (Wildman–Crippen MR) is 120 cm³/mol. The Morgan fingerprint density at radius 3 is 2.73 bits per heavy atom. The SMILES string of the molecule is C=CC(=O)N1CCSC(C(=O)Nc2cc(C(=O)Nc3cc(C)ccn3)ccc2C)C1. The third-order valence-corrected chi connectivity index (χ3v) is 5.94. The van der Waals surface area contributed by atoms with Gasteiger partial charge in [-0.3, -0.25) is 14.4 Å². The van der Waals surface area contributed by atoms with Gasteiger partial charge in [0.15, 0.2) is 0 Å². The second-order valence-corrected chi connectivity index (χ2v) is 8.35. The number of rotatable bonds is 5. The molecule has 1 aromatic heterocycles. The number of carbonyl (C=O) groups is 3. The first kappa shape index (κ1) is 21.6. The van der Waals surface area contributed by atoms with Crippen LogP contribution in [0.3, 0.4) is 0 Å². The molecular formula is C22H24N4O3S. The van der Waals surface area contributed by atoms with Gasteiger partial charge in [0.05, 0.1) is 0 Å². The molecule has 8 heteroatoms. The van der Waals surface area contributed by atoms with Gasteiger partial charge < -0.3 is 15.5 Å². The number of hydrogen-bond acceptors (Lipinski definition) is 5. The highest BCUT2D eigenvalue weighted by Crippen LogP contribution is 2.23. The summed E-state index contributed by atoms with van der Waals surface area (Å²) in [6, 6.07) is 8.78. The molecule has 7 nitrogen and oxygen atoms in total. The molecule has 1 saturated heterocycles. The van der Waals surface area contributed by atoms with Crippen LogP contribution in [0.2, 0.25) is 0 Å². The molecular weight excluding hydrogens is 400 g/mol. The van der Waals surface area contributed by atoms with E-state index in [2.05, 4.69) is 22.2 Å². The number of hydrogen-bond donors (Lipinski definition) is 2. The Hall–Kier alpha value is -3.13. The van der Waals surface area contributed by atoms with Crippen molar-refractivity contribution in [2.24, 2.45) is 0 Å². The zero-order valence-corrected chi connectivity index (χ0v) is 17.8. The molecule has 30 heavy (non-hydrogen) atoms. The van der Waals surface area contributed by atoms with Crippen LogP contribution in [0.4, 0.5) is 11.5 Å². The van der Waals surface area contributed by atoms with Gasteiger partial charge in [0, 0.05) is 36.3 Å². The molecule has 156 valence electrons. The van der Waals surface area contributed by atoms with Gasteiger partial charge in [0.2, 0.25) is 11.8 Å². The first-order valence-corrected chi connectivity index (χ1v) is 10.6. The van der Waals surface area contributed by atoms with Crippen LogP contribution in [-0.4, -0.2) is 51.7 Å². The number of aromatic nitrogens is 1. The van der Waals surface area contributed by atoms with Crippen molar-refractivity contribution in [1.29, 1.82) is 0 Å². The number of thioether (sulfide) groups is 1. The van der Waals surface area contributed by atoms with E-state index in [1.54, 1.807) is 35.4 Å².